The Morgan fingerprint density at radius 3 is 2.36 bits per heavy atom. The average Bonchev–Trinajstić information content (AvgIpc) is 2.74. The van der Waals surface area contributed by atoms with E-state index < -0.39 is 34.6 Å². The molecule has 3 aromatic rings. The Balaban J connectivity index is 2.04. The minimum absolute atomic E-state index is 0.00836. The Kier molecular flexibility index (Phi) is 8.23. The molecule has 0 aliphatic carbocycles. The topological polar surface area (TPSA) is 145 Å². The van der Waals surface area contributed by atoms with E-state index in [2.05, 4.69) is 21.0 Å². The summed E-state index contributed by atoms with van der Waals surface area (Å²) in [6, 6.07) is 9.65. The third-order valence-electron chi connectivity index (χ3n) is 4.99. The van der Waals surface area contributed by atoms with Crippen molar-refractivity contribution in [3.05, 3.63) is 69.3 Å². The van der Waals surface area contributed by atoms with Crippen LogP contribution in [0.1, 0.15) is 20.3 Å². The zero-order valence-electron chi connectivity index (χ0n) is 19.4. The van der Waals surface area contributed by atoms with Gasteiger partial charge in [0.1, 0.15) is 5.82 Å². The van der Waals surface area contributed by atoms with E-state index in [1.807, 2.05) is 0 Å². The van der Waals surface area contributed by atoms with E-state index in [9.17, 15) is 22.2 Å². The number of hydrogen-bond acceptors (Lipinski definition) is 7. The first-order valence-corrected chi connectivity index (χ1v) is 14.6. The van der Waals surface area contributed by atoms with Gasteiger partial charge in [-0.1, -0.05) is 12.1 Å². The molecule has 0 radical (unpaired) electrons. The molecule has 194 valence electrons. The lowest BCUT2D eigenvalue weighted by Gasteiger charge is -2.25. The molecule has 2 N–H and O–H groups in total. The fourth-order valence-corrected chi connectivity index (χ4v) is 4.96. The first kappa shape index (κ1) is 28.2. The molecule has 14 heteroatoms. The molecule has 0 fully saturated rings. The maximum atomic E-state index is 13.7. The largest absolute Gasteiger partial charge is 0.487 e. The minimum atomic E-state index is -4.76. The number of ether oxygens (including phenoxy) is 1. The first-order valence-electron chi connectivity index (χ1n) is 10.3. The van der Waals surface area contributed by atoms with Gasteiger partial charge in [0.05, 0.1) is 33.5 Å². The summed E-state index contributed by atoms with van der Waals surface area (Å²) in [6.07, 6.45) is 2.43. The average molecular weight is 605 g/mol. The van der Waals surface area contributed by atoms with E-state index in [1.165, 1.54) is 56.4 Å². The van der Waals surface area contributed by atoms with Gasteiger partial charge in [0.25, 0.3) is 0 Å². The van der Waals surface area contributed by atoms with Crippen molar-refractivity contribution in [3.8, 4) is 22.6 Å². The smallest absolute Gasteiger partial charge is 0.470 e. The zero-order chi connectivity index (χ0) is 26.9. The lowest BCUT2D eigenvalue weighted by Crippen LogP contribution is -2.28. The molecule has 0 saturated carbocycles. The van der Waals surface area contributed by atoms with Crippen LogP contribution in [0.2, 0.25) is 0 Å². The Morgan fingerprint density at radius 1 is 1.17 bits per heavy atom. The monoisotopic (exact) mass is 604 g/mol. The molecule has 36 heavy (non-hydrogen) atoms. The van der Waals surface area contributed by atoms with Crippen molar-refractivity contribution in [2.75, 3.05) is 12.9 Å². The molecular formula is C22H23BrFN2O8PS. The van der Waals surface area contributed by atoms with Crippen LogP contribution >= 0.6 is 23.8 Å². The van der Waals surface area contributed by atoms with Crippen LogP contribution in [0.5, 0.6) is 5.75 Å². The van der Waals surface area contributed by atoms with E-state index in [0.717, 1.165) is 17.0 Å². The second-order valence-electron chi connectivity index (χ2n) is 8.44. The van der Waals surface area contributed by atoms with Crippen LogP contribution in [0, 0.1) is 5.82 Å². The molecule has 2 aromatic carbocycles. The lowest BCUT2D eigenvalue weighted by atomic mass is 10.1. The maximum Gasteiger partial charge on any atom is 0.470 e. The van der Waals surface area contributed by atoms with Crippen molar-refractivity contribution < 1.29 is 36.4 Å². The summed E-state index contributed by atoms with van der Waals surface area (Å²) >= 11 is 3.07. The van der Waals surface area contributed by atoms with Gasteiger partial charge < -0.3 is 14.5 Å². The molecule has 0 aliphatic heterocycles. The Hall–Kier alpha value is -2.41. The van der Waals surface area contributed by atoms with Crippen molar-refractivity contribution in [2.45, 2.75) is 30.8 Å². The zero-order valence-corrected chi connectivity index (χ0v) is 22.7. The molecule has 0 bridgehead atoms. The number of halogens is 2. The normalized spacial score (nSPS) is 12.5. The molecule has 0 unspecified atom stereocenters. The fraction of sp³-hybridized carbons (Fsp3) is 0.273. The van der Waals surface area contributed by atoms with Crippen LogP contribution in [0.15, 0.2) is 62.8 Å². The van der Waals surface area contributed by atoms with Crippen LogP contribution in [-0.4, -0.2) is 46.4 Å². The highest BCUT2D eigenvalue weighted by Gasteiger charge is 2.29. The second-order valence-corrected chi connectivity index (χ2v) is 12.5. The molecule has 10 nitrogen and oxygen atoms in total. The van der Waals surface area contributed by atoms with Crippen LogP contribution in [0.25, 0.3) is 16.8 Å². The maximum absolute atomic E-state index is 13.7. The predicted octanol–water partition coefficient (Wildman–Crippen LogP) is 3.86. The molecule has 0 amide bonds. The number of hydrogen-bond donors (Lipinski definition) is 2. The van der Waals surface area contributed by atoms with Gasteiger partial charge in [0, 0.05) is 18.2 Å². The number of sulfone groups is 1. The van der Waals surface area contributed by atoms with Crippen LogP contribution in [-0.2, 0) is 18.9 Å². The molecule has 0 saturated heterocycles. The Morgan fingerprint density at radius 2 is 1.81 bits per heavy atom. The number of rotatable bonds is 9. The number of nitrogens with zero attached hydrogens (tertiary/aromatic N) is 2. The van der Waals surface area contributed by atoms with Gasteiger partial charge in [-0.25, -0.2) is 17.4 Å². The number of benzene rings is 2. The summed E-state index contributed by atoms with van der Waals surface area (Å²) in [5, 5.41) is 4.17. The summed E-state index contributed by atoms with van der Waals surface area (Å²) in [7, 11) is -8.20. The van der Waals surface area contributed by atoms with Crippen LogP contribution in [0.4, 0.5) is 4.39 Å². The first-order chi connectivity index (χ1) is 16.6. The van der Waals surface area contributed by atoms with Crippen molar-refractivity contribution in [3.63, 3.8) is 0 Å². The number of aromatic nitrogens is 2. The standard InChI is InChI=1S/C22H23BrFN2O8PS/c1-22(2,34-35(28,29)30)10-11-33-20-17(14-4-7-16(8-5-14)36(3,31)32)13-25-26(21(20)27)15-6-9-19(24)18(23)12-15/h4-9,12-13H,10-11H2,1-3H3,(H2,28,29,30). The highest BCUT2D eigenvalue weighted by Crippen LogP contribution is 2.42. The van der Waals surface area contributed by atoms with Crippen molar-refractivity contribution in [2.24, 2.45) is 0 Å². The second kappa shape index (κ2) is 10.5. The van der Waals surface area contributed by atoms with Gasteiger partial charge in [-0.2, -0.15) is 9.78 Å². The van der Waals surface area contributed by atoms with Crippen molar-refractivity contribution >= 4 is 33.6 Å². The fourth-order valence-electron chi connectivity index (χ4n) is 3.23. The Bertz CT molecular complexity index is 1490. The van der Waals surface area contributed by atoms with Gasteiger partial charge in [0.2, 0.25) is 0 Å². The molecular weight excluding hydrogens is 582 g/mol. The molecule has 0 spiro atoms. The van der Waals surface area contributed by atoms with Crippen LogP contribution in [0.3, 0.4) is 0 Å². The van der Waals surface area contributed by atoms with Gasteiger partial charge in [0.15, 0.2) is 15.6 Å². The molecule has 1 aromatic heterocycles. The van der Waals surface area contributed by atoms with Crippen molar-refractivity contribution in [1.29, 1.82) is 0 Å². The predicted molar refractivity (Wildman–Crippen MR) is 133 cm³/mol. The Labute approximate surface area is 215 Å². The van der Waals surface area contributed by atoms with Gasteiger partial charge >= 0.3 is 13.4 Å². The highest BCUT2D eigenvalue weighted by atomic mass is 79.9. The van der Waals surface area contributed by atoms with Crippen LogP contribution < -0.4 is 10.3 Å². The molecule has 0 aliphatic rings. The summed E-state index contributed by atoms with van der Waals surface area (Å²) in [4.78, 5) is 31.7. The number of phosphoric ester groups is 1. The van der Waals surface area contributed by atoms with Crippen molar-refractivity contribution in [1.82, 2.24) is 9.78 Å². The minimum Gasteiger partial charge on any atom is -0.487 e. The number of phosphoric acid groups is 1. The highest BCUT2D eigenvalue weighted by molar-refractivity contribution is 9.10. The van der Waals surface area contributed by atoms with E-state index in [1.54, 1.807) is 0 Å². The summed E-state index contributed by atoms with van der Waals surface area (Å²) in [6.45, 7) is 2.76. The van der Waals surface area contributed by atoms with Gasteiger partial charge in [-0.05, 0) is 65.7 Å². The summed E-state index contributed by atoms with van der Waals surface area (Å²) in [5.41, 5.74) is -1.01. The summed E-state index contributed by atoms with van der Waals surface area (Å²) < 4.78 is 60.2. The third-order valence-corrected chi connectivity index (χ3v) is 7.46. The van der Waals surface area contributed by atoms with E-state index in [4.69, 9.17) is 19.0 Å². The van der Waals surface area contributed by atoms with Gasteiger partial charge in [-0.3, -0.25) is 9.32 Å². The third kappa shape index (κ3) is 7.09. The van der Waals surface area contributed by atoms with Gasteiger partial charge in [-0.15, -0.1) is 0 Å². The molecule has 0 atom stereocenters. The lowest BCUT2D eigenvalue weighted by molar-refractivity contribution is 0.0461. The van der Waals surface area contributed by atoms with E-state index in [0.29, 0.717) is 5.56 Å². The quantitative estimate of drug-likeness (QED) is 0.348. The SMILES string of the molecule is CC(C)(CCOc1c(-c2ccc(S(C)(=O)=O)cc2)cnn(-c2ccc(F)c(Br)c2)c1=O)OP(=O)(O)O. The van der Waals surface area contributed by atoms with E-state index in [-0.39, 0.29) is 39.4 Å². The van der Waals surface area contributed by atoms with E-state index >= 15 is 0 Å². The molecule has 3 rings (SSSR count). The summed E-state index contributed by atoms with van der Waals surface area (Å²) in [5.74, 6) is -0.678. The molecule has 1 heterocycles.